The van der Waals surface area contributed by atoms with Crippen molar-refractivity contribution in [3.8, 4) is 0 Å². The SMILES string of the molecule is CC(C)C[C@H](NC(=O)OC(C)(C)C)C(=O)N=S(=O)(NC(=O)CCNC(=O)OC(C)(C)C)c1cc(Cl)cs1. The fourth-order valence-electron chi connectivity index (χ4n) is 2.69. The number of rotatable bonds is 9. The Kier molecular flexibility index (Phi) is 11.8. The number of halogens is 1. The molecule has 1 aromatic heterocycles. The molecule has 0 aliphatic rings. The van der Waals surface area contributed by atoms with Crippen LogP contribution < -0.4 is 15.4 Å². The topological polar surface area (TPSA) is 152 Å². The molecule has 1 aromatic rings. The van der Waals surface area contributed by atoms with E-state index >= 15 is 0 Å². The third-order valence-corrected chi connectivity index (χ3v) is 7.64. The lowest BCUT2D eigenvalue weighted by molar-refractivity contribution is -0.120. The highest BCUT2D eigenvalue weighted by molar-refractivity contribution is 7.94. The zero-order valence-electron chi connectivity index (χ0n) is 22.4. The van der Waals surface area contributed by atoms with E-state index in [9.17, 15) is 23.4 Å². The largest absolute Gasteiger partial charge is 0.444 e. The van der Waals surface area contributed by atoms with Gasteiger partial charge in [0, 0.05) is 18.3 Å². The molecule has 2 atom stereocenters. The minimum atomic E-state index is -3.80. The van der Waals surface area contributed by atoms with Crippen molar-refractivity contribution >= 4 is 56.9 Å². The van der Waals surface area contributed by atoms with Crippen molar-refractivity contribution in [2.45, 2.75) is 89.7 Å². The molecule has 37 heavy (non-hydrogen) atoms. The molecule has 1 heterocycles. The molecular formula is C23H37ClN4O7S2. The van der Waals surface area contributed by atoms with E-state index in [-0.39, 0.29) is 34.5 Å². The Hall–Kier alpha value is -2.38. The van der Waals surface area contributed by atoms with Crippen LogP contribution in [-0.4, -0.2) is 52.0 Å². The Labute approximate surface area is 227 Å². The average Bonchev–Trinajstić information content (AvgIpc) is 3.11. The van der Waals surface area contributed by atoms with E-state index in [0.29, 0.717) is 0 Å². The quantitative estimate of drug-likeness (QED) is 0.384. The van der Waals surface area contributed by atoms with Gasteiger partial charge in [-0.2, -0.15) is 0 Å². The van der Waals surface area contributed by atoms with Crippen molar-refractivity contribution in [1.82, 2.24) is 15.4 Å². The van der Waals surface area contributed by atoms with Crippen molar-refractivity contribution in [3.05, 3.63) is 16.5 Å². The van der Waals surface area contributed by atoms with E-state index in [0.717, 1.165) is 11.3 Å². The maximum absolute atomic E-state index is 13.8. The summed E-state index contributed by atoms with van der Waals surface area (Å²) in [5.74, 6) is -1.66. The fraction of sp³-hybridized carbons (Fsp3) is 0.652. The molecule has 0 spiro atoms. The summed E-state index contributed by atoms with van der Waals surface area (Å²) in [4.78, 5) is 49.8. The summed E-state index contributed by atoms with van der Waals surface area (Å²) in [6, 6.07) is 0.195. The second kappa shape index (κ2) is 13.4. The number of nitrogens with one attached hydrogen (secondary N) is 3. The van der Waals surface area contributed by atoms with Gasteiger partial charge in [-0.15, -0.1) is 15.7 Å². The first-order valence-electron chi connectivity index (χ1n) is 11.6. The van der Waals surface area contributed by atoms with Crippen molar-refractivity contribution in [2.24, 2.45) is 10.3 Å². The predicted octanol–water partition coefficient (Wildman–Crippen LogP) is 4.64. The van der Waals surface area contributed by atoms with E-state index in [4.69, 9.17) is 21.1 Å². The molecule has 11 nitrogen and oxygen atoms in total. The third-order valence-electron chi connectivity index (χ3n) is 4.00. The number of alkyl carbamates (subject to hydrolysis) is 2. The van der Waals surface area contributed by atoms with Crippen LogP contribution in [0.2, 0.25) is 5.02 Å². The van der Waals surface area contributed by atoms with E-state index < -0.39 is 51.2 Å². The standard InChI is InChI=1S/C23H37ClN4O7S2/c1-14(2)11-16(26-21(32)35-23(6,7)8)19(30)28-37(33,18-12-15(24)13-36-18)27-17(29)9-10-25-20(31)34-22(3,4)5/h12-14,16H,9-11H2,1-8H3,(H,25,31)(H,26,32)(H,27,28,29,30,33)/t16-,37?/m0/s1. The Morgan fingerprint density at radius 1 is 1.05 bits per heavy atom. The van der Waals surface area contributed by atoms with Crippen LogP contribution in [0.5, 0.6) is 0 Å². The zero-order chi connectivity index (χ0) is 28.6. The molecule has 3 N–H and O–H groups in total. The minimum Gasteiger partial charge on any atom is -0.444 e. The van der Waals surface area contributed by atoms with Crippen LogP contribution in [0, 0.1) is 5.92 Å². The number of carbonyl (C=O) groups excluding carboxylic acids is 4. The fourth-order valence-corrected chi connectivity index (χ4v) is 5.77. The summed E-state index contributed by atoms with van der Waals surface area (Å²) in [6.45, 7) is 13.7. The first kappa shape index (κ1) is 32.6. The number of hydrogen-bond acceptors (Lipinski definition) is 8. The molecule has 210 valence electrons. The van der Waals surface area contributed by atoms with Crippen LogP contribution in [0.4, 0.5) is 9.59 Å². The zero-order valence-corrected chi connectivity index (χ0v) is 24.8. The van der Waals surface area contributed by atoms with Gasteiger partial charge in [-0.25, -0.2) is 13.8 Å². The summed E-state index contributed by atoms with van der Waals surface area (Å²) >= 11 is 6.94. The number of hydrogen-bond donors (Lipinski definition) is 3. The summed E-state index contributed by atoms with van der Waals surface area (Å²) in [5.41, 5.74) is -1.51. The average molecular weight is 581 g/mol. The number of thiophene rings is 1. The molecule has 0 bridgehead atoms. The van der Waals surface area contributed by atoms with Crippen LogP contribution in [0.1, 0.15) is 68.2 Å². The summed E-state index contributed by atoms with van der Waals surface area (Å²) in [6.07, 6.45) is -1.61. The summed E-state index contributed by atoms with van der Waals surface area (Å²) in [5, 5.41) is 6.64. The van der Waals surface area contributed by atoms with Gasteiger partial charge in [0.25, 0.3) is 5.91 Å². The molecule has 0 saturated heterocycles. The molecular weight excluding hydrogens is 544 g/mol. The number of carbonyl (C=O) groups is 4. The highest BCUT2D eigenvalue weighted by Gasteiger charge is 2.28. The molecule has 0 aliphatic heterocycles. The maximum Gasteiger partial charge on any atom is 0.408 e. The second-order valence-electron chi connectivity index (χ2n) is 10.6. The first-order valence-corrected chi connectivity index (χ1v) is 14.4. The number of ether oxygens (including phenoxy) is 2. The van der Waals surface area contributed by atoms with Crippen LogP contribution in [0.25, 0.3) is 0 Å². The van der Waals surface area contributed by atoms with Gasteiger partial charge in [-0.05, 0) is 59.9 Å². The van der Waals surface area contributed by atoms with Crippen LogP contribution >= 0.6 is 22.9 Å². The van der Waals surface area contributed by atoms with Crippen molar-refractivity contribution in [1.29, 1.82) is 0 Å². The van der Waals surface area contributed by atoms with Gasteiger partial charge in [-0.1, -0.05) is 25.4 Å². The smallest absolute Gasteiger partial charge is 0.408 e. The molecule has 1 unspecified atom stereocenters. The van der Waals surface area contributed by atoms with Gasteiger partial charge in [-0.3, -0.25) is 14.3 Å². The van der Waals surface area contributed by atoms with Crippen LogP contribution in [0.3, 0.4) is 0 Å². The molecule has 0 aliphatic carbocycles. The van der Waals surface area contributed by atoms with Gasteiger partial charge in [0.1, 0.15) is 21.5 Å². The Bertz CT molecular complexity index is 1100. The van der Waals surface area contributed by atoms with E-state index in [1.165, 1.54) is 11.4 Å². The van der Waals surface area contributed by atoms with Gasteiger partial charge < -0.3 is 20.1 Å². The van der Waals surface area contributed by atoms with E-state index in [1.54, 1.807) is 41.5 Å². The lowest BCUT2D eigenvalue weighted by Gasteiger charge is -2.23. The van der Waals surface area contributed by atoms with Crippen LogP contribution in [-0.2, 0) is 29.0 Å². The number of nitrogens with zero attached hydrogens (tertiary/aromatic N) is 1. The minimum absolute atomic E-state index is 0.0279. The number of amides is 4. The molecule has 0 aromatic carbocycles. The van der Waals surface area contributed by atoms with Crippen LogP contribution in [0.15, 0.2) is 20.0 Å². The highest BCUT2D eigenvalue weighted by Crippen LogP contribution is 2.25. The van der Waals surface area contributed by atoms with Crippen molar-refractivity contribution < 1.29 is 32.9 Å². The Morgan fingerprint density at radius 2 is 1.62 bits per heavy atom. The van der Waals surface area contributed by atoms with Gasteiger partial charge in [0.2, 0.25) is 5.91 Å². The molecule has 0 fully saturated rings. The molecule has 4 amide bonds. The van der Waals surface area contributed by atoms with Gasteiger partial charge in [0.15, 0.2) is 9.92 Å². The van der Waals surface area contributed by atoms with E-state index in [1.807, 2.05) is 13.8 Å². The molecule has 0 radical (unpaired) electrons. The lowest BCUT2D eigenvalue weighted by Crippen LogP contribution is -2.44. The Morgan fingerprint density at radius 3 is 2.11 bits per heavy atom. The van der Waals surface area contributed by atoms with Gasteiger partial charge >= 0.3 is 12.2 Å². The Balaban J connectivity index is 3.13. The monoisotopic (exact) mass is 580 g/mol. The third kappa shape index (κ3) is 13.1. The maximum atomic E-state index is 13.8. The predicted molar refractivity (Wildman–Crippen MR) is 143 cm³/mol. The van der Waals surface area contributed by atoms with Crippen molar-refractivity contribution in [3.63, 3.8) is 0 Å². The molecule has 14 heteroatoms. The second-order valence-corrected chi connectivity index (χ2v) is 14.1. The van der Waals surface area contributed by atoms with Gasteiger partial charge in [0.05, 0.1) is 5.02 Å². The molecule has 1 rings (SSSR count). The first-order chi connectivity index (χ1) is 16.8. The highest BCUT2D eigenvalue weighted by atomic mass is 35.5. The van der Waals surface area contributed by atoms with E-state index in [2.05, 4.69) is 19.7 Å². The lowest BCUT2D eigenvalue weighted by atomic mass is 10.0. The molecule has 0 saturated carbocycles. The van der Waals surface area contributed by atoms with Crippen molar-refractivity contribution in [2.75, 3.05) is 6.54 Å². The normalized spacial score (nSPS) is 14.2. The summed E-state index contributed by atoms with van der Waals surface area (Å²) < 4.78 is 30.3. The summed E-state index contributed by atoms with van der Waals surface area (Å²) in [7, 11) is -3.80.